The third kappa shape index (κ3) is 3.54. The van der Waals surface area contributed by atoms with E-state index >= 15 is 0 Å². The zero-order valence-corrected chi connectivity index (χ0v) is 11.5. The topological polar surface area (TPSA) is 68.3 Å². The van der Waals surface area contributed by atoms with Gasteiger partial charge in [-0.1, -0.05) is 0 Å². The van der Waals surface area contributed by atoms with E-state index in [1.165, 1.54) is 0 Å². The molecule has 0 aliphatic rings. The van der Waals surface area contributed by atoms with Crippen molar-refractivity contribution >= 4 is 23.4 Å². The number of anilines is 1. The zero-order chi connectivity index (χ0) is 13.7. The molecule has 1 aromatic carbocycles. The number of thioether (sulfide) groups is 1. The standard InChI is InChI=1S/C14H16N2O2S/c1-2-16-14(17)10-5-6-13(12(15)8-10)19-9-11-4-3-7-18-11/h3-8H,2,9,15H2,1H3,(H,16,17). The van der Waals surface area contributed by atoms with Crippen molar-refractivity contribution in [3.8, 4) is 0 Å². The highest BCUT2D eigenvalue weighted by atomic mass is 32.2. The SMILES string of the molecule is CCNC(=O)c1ccc(SCc2ccco2)c(N)c1. The highest BCUT2D eigenvalue weighted by molar-refractivity contribution is 7.98. The van der Waals surface area contributed by atoms with Gasteiger partial charge in [-0.3, -0.25) is 4.79 Å². The molecule has 19 heavy (non-hydrogen) atoms. The zero-order valence-electron chi connectivity index (χ0n) is 10.7. The molecule has 1 aromatic heterocycles. The van der Waals surface area contributed by atoms with E-state index in [0.717, 1.165) is 16.4 Å². The van der Waals surface area contributed by atoms with Gasteiger partial charge in [0.25, 0.3) is 5.91 Å². The van der Waals surface area contributed by atoms with E-state index < -0.39 is 0 Å². The Labute approximate surface area is 116 Å². The van der Waals surface area contributed by atoms with Gasteiger partial charge in [0.05, 0.1) is 12.0 Å². The van der Waals surface area contributed by atoms with Crippen LogP contribution in [-0.2, 0) is 5.75 Å². The molecule has 0 fully saturated rings. The monoisotopic (exact) mass is 276 g/mol. The summed E-state index contributed by atoms with van der Waals surface area (Å²) in [6.45, 7) is 2.49. The van der Waals surface area contributed by atoms with Crippen molar-refractivity contribution in [1.82, 2.24) is 5.32 Å². The van der Waals surface area contributed by atoms with Crippen LogP contribution in [0.15, 0.2) is 45.9 Å². The summed E-state index contributed by atoms with van der Waals surface area (Å²) in [4.78, 5) is 12.6. The number of hydrogen-bond acceptors (Lipinski definition) is 4. The number of nitrogen functional groups attached to an aromatic ring is 1. The first-order valence-corrected chi connectivity index (χ1v) is 7.02. The van der Waals surface area contributed by atoms with Crippen LogP contribution in [0.5, 0.6) is 0 Å². The van der Waals surface area contributed by atoms with Crippen LogP contribution in [0, 0.1) is 0 Å². The largest absolute Gasteiger partial charge is 0.468 e. The Morgan fingerprint density at radius 2 is 2.26 bits per heavy atom. The van der Waals surface area contributed by atoms with Crippen LogP contribution in [0.1, 0.15) is 23.0 Å². The molecule has 0 aliphatic carbocycles. The molecule has 4 nitrogen and oxygen atoms in total. The van der Waals surface area contributed by atoms with Gasteiger partial charge in [-0.15, -0.1) is 11.8 Å². The average molecular weight is 276 g/mol. The molecule has 0 spiro atoms. The van der Waals surface area contributed by atoms with Gasteiger partial charge in [0, 0.05) is 22.7 Å². The first kappa shape index (κ1) is 13.5. The molecule has 3 N–H and O–H groups in total. The summed E-state index contributed by atoms with van der Waals surface area (Å²) in [6.07, 6.45) is 1.65. The summed E-state index contributed by atoms with van der Waals surface area (Å²) in [5, 5.41) is 2.75. The third-order valence-corrected chi connectivity index (χ3v) is 3.67. The predicted molar refractivity (Wildman–Crippen MR) is 77.1 cm³/mol. The minimum Gasteiger partial charge on any atom is -0.468 e. The lowest BCUT2D eigenvalue weighted by Crippen LogP contribution is -2.22. The first-order chi connectivity index (χ1) is 9.20. The Bertz CT molecular complexity index is 553. The lowest BCUT2D eigenvalue weighted by molar-refractivity contribution is 0.0956. The second-order valence-electron chi connectivity index (χ2n) is 3.98. The molecule has 2 aromatic rings. The number of hydrogen-bond donors (Lipinski definition) is 2. The Morgan fingerprint density at radius 3 is 2.89 bits per heavy atom. The smallest absolute Gasteiger partial charge is 0.251 e. The number of furan rings is 1. The van der Waals surface area contributed by atoms with E-state index in [0.29, 0.717) is 17.8 Å². The molecule has 0 saturated heterocycles. The Balaban J connectivity index is 2.04. The summed E-state index contributed by atoms with van der Waals surface area (Å²) < 4.78 is 5.26. The van der Waals surface area contributed by atoms with Gasteiger partial charge in [-0.25, -0.2) is 0 Å². The van der Waals surface area contributed by atoms with Gasteiger partial charge < -0.3 is 15.5 Å². The molecule has 0 unspecified atom stereocenters. The number of benzene rings is 1. The highest BCUT2D eigenvalue weighted by Gasteiger charge is 2.08. The number of amides is 1. The molecule has 0 radical (unpaired) electrons. The van der Waals surface area contributed by atoms with Crippen molar-refractivity contribution in [2.24, 2.45) is 0 Å². The van der Waals surface area contributed by atoms with Crippen molar-refractivity contribution in [3.05, 3.63) is 47.9 Å². The van der Waals surface area contributed by atoms with E-state index in [9.17, 15) is 4.79 Å². The summed E-state index contributed by atoms with van der Waals surface area (Å²) >= 11 is 1.59. The molecule has 0 bridgehead atoms. The van der Waals surface area contributed by atoms with E-state index in [2.05, 4.69) is 5.32 Å². The van der Waals surface area contributed by atoms with E-state index in [4.69, 9.17) is 10.2 Å². The molecule has 0 atom stereocenters. The summed E-state index contributed by atoms with van der Waals surface area (Å²) in [6, 6.07) is 9.14. The molecular weight excluding hydrogens is 260 g/mol. The van der Waals surface area contributed by atoms with Crippen LogP contribution in [0.3, 0.4) is 0 Å². The highest BCUT2D eigenvalue weighted by Crippen LogP contribution is 2.29. The minimum atomic E-state index is -0.100. The van der Waals surface area contributed by atoms with Crippen LogP contribution in [0.4, 0.5) is 5.69 Å². The number of nitrogens with two attached hydrogens (primary N) is 1. The van der Waals surface area contributed by atoms with Gasteiger partial charge in [0.1, 0.15) is 5.76 Å². The minimum absolute atomic E-state index is 0.100. The van der Waals surface area contributed by atoms with Crippen molar-refractivity contribution in [2.45, 2.75) is 17.6 Å². The van der Waals surface area contributed by atoms with Gasteiger partial charge in [0.2, 0.25) is 0 Å². The number of nitrogens with one attached hydrogen (secondary N) is 1. The Morgan fingerprint density at radius 1 is 1.42 bits per heavy atom. The third-order valence-electron chi connectivity index (χ3n) is 2.56. The fourth-order valence-electron chi connectivity index (χ4n) is 1.63. The maximum Gasteiger partial charge on any atom is 0.251 e. The van der Waals surface area contributed by atoms with Crippen LogP contribution in [-0.4, -0.2) is 12.5 Å². The maximum atomic E-state index is 11.7. The summed E-state index contributed by atoms with van der Waals surface area (Å²) in [7, 11) is 0. The van der Waals surface area contributed by atoms with Crippen molar-refractivity contribution < 1.29 is 9.21 Å². The van der Waals surface area contributed by atoms with E-state index in [1.807, 2.05) is 25.1 Å². The van der Waals surface area contributed by atoms with Crippen molar-refractivity contribution in [2.75, 3.05) is 12.3 Å². The molecule has 1 heterocycles. The Kier molecular flexibility index (Phi) is 4.52. The quantitative estimate of drug-likeness (QED) is 0.651. The lowest BCUT2D eigenvalue weighted by Gasteiger charge is -2.07. The predicted octanol–water partition coefficient (Wildman–Crippen LogP) is 2.90. The van der Waals surface area contributed by atoms with Crippen molar-refractivity contribution in [3.63, 3.8) is 0 Å². The fourth-order valence-corrected chi connectivity index (χ4v) is 2.48. The van der Waals surface area contributed by atoms with Gasteiger partial charge in [0.15, 0.2) is 0 Å². The van der Waals surface area contributed by atoms with Gasteiger partial charge in [-0.05, 0) is 37.3 Å². The maximum absolute atomic E-state index is 11.7. The first-order valence-electron chi connectivity index (χ1n) is 6.03. The lowest BCUT2D eigenvalue weighted by atomic mass is 10.2. The molecule has 2 rings (SSSR count). The molecule has 5 heteroatoms. The fraction of sp³-hybridized carbons (Fsp3) is 0.214. The van der Waals surface area contributed by atoms with Crippen LogP contribution in [0.25, 0.3) is 0 Å². The molecule has 100 valence electrons. The number of rotatable bonds is 5. The molecule has 0 saturated carbocycles. The second kappa shape index (κ2) is 6.33. The van der Waals surface area contributed by atoms with Crippen LogP contribution >= 0.6 is 11.8 Å². The molecule has 1 amide bonds. The summed E-state index contributed by atoms with van der Waals surface area (Å²) in [5.41, 5.74) is 7.16. The average Bonchev–Trinajstić information content (AvgIpc) is 2.90. The Hall–Kier alpha value is -1.88. The van der Waals surface area contributed by atoms with E-state index in [1.54, 1.807) is 30.2 Å². The normalized spacial score (nSPS) is 10.4. The molecule has 0 aliphatic heterocycles. The van der Waals surface area contributed by atoms with Crippen molar-refractivity contribution in [1.29, 1.82) is 0 Å². The number of carbonyl (C=O) groups is 1. The second-order valence-corrected chi connectivity index (χ2v) is 5.00. The van der Waals surface area contributed by atoms with Crippen LogP contribution in [0.2, 0.25) is 0 Å². The summed E-state index contributed by atoms with van der Waals surface area (Å²) in [5.74, 6) is 1.52. The van der Waals surface area contributed by atoms with Gasteiger partial charge in [-0.2, -0.15) is 0 Å². The number of carbonyl (C=O) groups excluding carboxylic acids is 1. The van der Waals surface area contributed by atoms with E-state index in [-0.39, 0.29) is 5.91 Å². The molecular formula is C14H16N2O2S. The van der Waals surface area contributed by atoms with Crippen LogP contribution < -0.4 is 11.1 Å². The van der Waals surface area contributed by atoms with Gasteiger partial charge >= 0.3 is 0 Å².